The van der Waals surface area contributed by atoms with Crippen molar-refractivity contribution in [3.63, 3.8) is 0 Å². The molecule has 0 aliphatic carbocycles. The van der Waals surface area contributed by atoms with Crippen LogP contribution in [0.2, 0.25) is 0 Å². The van der Waals surface area contributed by atoms with Crippen LogP contribution in [0.15, 0.2) is 42.5 Å². The molecule has 1 aliphatic rings. The molecule has 0 radical (unpaired) electrons. The van der Waals surface area contributed by atoms with Crippen molar-refractivity contribution in [3.05, 3.63) is 59.4 Å². The van der Waals surface area contributed by atoms with Gasteiger partial charge in [0.25, 0.3) is 0 Å². The molecular formula is C14H13FN2. The maximum atomic E-state index is 13.0. The first kappa shape index (κ1) is 10.1. The maximum Gasteiger partial charge on any atom is 0.125 e. The third-order valence-electron chi connectivity index (χ3n) is 3.17. The largest absolute Gasteiger partial charge is 0.397 e. The molecule has 0 saturated heterocycles. The number of nitrogen functional groups attached to an aromatic ring is 1. The van der Waals surface area contributed by atoms with Crippen molar-refractivity contribution in [3.8, 4) is 0 Å². The van der Waals surface area contributed by atoms with E-state index >= 15 is 0 Å². The lowest BCUT2D eigenvalue weighted by atomic mass is 10.1. The van der Waals surface area contributed by atoms with E-state index in [4.69, 9.17) is 5.73 Å². The predicted octanol–water partition coefficient (Wildman–Crippen LogP) is 2.93. The van der Waals surface area contributed by atoms with E-state index in [9.17, 15) is 4.39 Å². The highest BCUT2D eigenvalue weighted by atomic mass is 19.1. The normalized spacial score (nSPS) is 13.8. The van der Waals surface area contributed by atoms with Crippen LogP contribution in [0, 0.1) is 5.82 Å². The summed E-state index contributed by atoms with van der Waals surface area (Å²) in [4.78, 5) is 2.17. The molecule has 2 aromatic carbocycles. The molecular weight excluding hydrogens is 215 g/mol. The van der Waals surface area contributed by atoms with Crippen LogP contribution in [-0.2, 0) is 13.1 Å². The van der Waals surface area contributed by atoms with Gasteiger partial charge < -0.3 is 10.6 Å². The van der Waals surface area contributed by atoms with Gasteiger partial charge in [-0.25, -0.2) is 4.39 Å². The lowest BCUT2D eigenvalue weighted by Gasteiger charge is -2.19. The lowest BCUT2D eigenvalue weighted by molar-refractivity contribution is 0.628. The molecule has 1 aliphatic heterocycles. The van der Waals surface area contributed by atoms with Crippen molar-refractivity contribution in [2.24, 2.45) is 0 Å². The van der Waals surface area contributed by atoms with E-state index in [2.05, 4.69) is 17.0 Å². The number of hydrogen-bond donors (Lipinski definition) is 1. The molecule has 0 atom stereocenters. The SMILES string of the molecule is Nc1cc(F)ccc1N1Cc2ccccc2C1. The molecule has 3 rings (SSSR count). The Hall–Kier alpha value is -2.03. The molecule has 2 nitrogen and oxygen atoms in total. The molecule has 86 valence electrons. The van der Waals surface area contributed by atoms with E-state index in [1.165, 1.54) is 23.3 Å². The molecule has 0 aromatic heterocycles. The second-order valence-corrected chi connectivity index (χ2v) is 4.33. The Balaban J connectivity index is 1.94. The third-order valence-corrected chi connectivity index (χ3v) is 3.17. The van der Waals surface area contributed by atoms with Crippen LogP contribution in [0.5, 0.6) is 0 Å². The standard InChI is InChI=1S/C14H13FN2/c15-12-5-6-14(13(16)7-12)17-8-10-3-1-2-4-11(10)9-17/h1-7H,8-9,16H2. The fourth-order valence-electron chi connectivity index (χ4n) is 2.32. The van der Waals surface area contributed by atoms with Gasteiger partial charge in [-0.05, 0) is 29.3 Å². The van der Waals surface area contributed by atoms with Gasteiger partial charge in [0.15, 0.2) is 0 Å². The minimum Gasteiger partial charge on any atom is -0.397 e. The van der Waals surface area contributed by atoms with E-state index in [1.54, 1.807) is 6.07 Å². The van der Waals surface area contributed by atoms with E-state index in [1.807, 2.05) is 12.1 Å². The van der Waals surface area contributed by atoms with Crippen molar-refractivity contribution in [1.82, 2.24) is 0 Å². The monoisotopic (exact) mass is 228 g/mol. The van der Waals surface area contributed by atoms with Gasteiger partial charge in [-0.2, -0.15) is 0 Å². The van der Waals surface area contributed by atoms with Crippen LogP contribution >= 0.6 is 0 Å². The molecule has 0 spiro atoms. The number of halogens is 1. The second-order valence-electron chi connectivity index (χ2n) is 4.33. The minimum atomic E-state index is -0.289. The molecule has 2 N–H and O–H groups in total. The second kappa shape index (κ2) is 3.77. The summed E-state index contributed by atoms with van der Waals surface area (Å²) in [6.45, 7) is 1.68. The van der Waals surface area contributed by atoms with Gasteiger partial charge in [-0.1, -0.05) is 24.3 Å². The average Bonchev–Trinajstić information content (AvgIpc) is 2.72. The van der Waals surface area contributed by atoms with Gasteiger partial charge in [-0.3, -0.25) is 0 Å². The number of nitrogens with two attached hydrogens (primary N) is 1. The zero-order valence-electron chi connectivity index (χ0n) is 9.36. The fraction of sp³-hybridized carbons (Fsp3) is 0.143. The van der Waals surface area contributed by atoms with Gasteiger partial charge in [0, 0.05) is 13.1 Å². The van der Waals surface area contributed by atoms with Gasteiger partial charge in [-0.15, -0.1) is 0 Å². The summed E-state index contributed by atoms with van der Waals surface area (Å²) in [5.74, 6) is -0.289. The summed E-state index contributed by atoms with van der Waals surface area (Å²) in [5, 5.41) is 0. The molecule has 0 bridgehead atoms. The van der Waals surface area contributed by atoms with Crippen LogP contribution in [0.25, 0.3) is 0 Å². The first-order valence-corrected chi connectivity index (χ1v) is 5.61. The van der Waals surface area contributed by atoms with Crippen molar-refractivity contribution in [2.45, 2.75) is 13.1 Å². The summed E-state index contributed by atoms with van der Waals surface area (Å²) in [5.41, 5.74) is 9.89. The number of benzene rings is 2. The van der Waals surface area contributed by atoms with Gasteiger partial charge in [0.2, 0.25) is 0 Å². The lowest BCUT2D eigenvalue weighted by Crippen LogP contribution is -2.16. The van der Waals surface area contributed by atoms with Crippen molar-refractivity contribution < 1.29 is 4.39 Å². The topological polar surface area (TPSA) is 29.3 Å². The zero-order valence-corrected chi connectivity index (χ0v) is 9.36. The molecule has 1 heterocycles. The summed E-state index contributed by atoms with van der Waals surface area (Å²) in [6, 6.07) is 12.9. The van der Waals surface area contributed by atoms with Crippen LogP contribution in [0.4, 0.5) is 15.8 Å². The Labute approximate surface area is 99.5 Å². The predicted molar refractivity (Wildman–Crippen MR) is 67.1 cm³/mol. The minimum absolute atomic E-state index is 0.289. The molecule has 17 heavy (non-hydrogen) atoms. The Bertz CT molecular complexity index is 541. The zero-order chi connectivity index (χ0) is 11.8. The maximum absolute atomic E-state index is 13.0. The van der Waals surface area contributed by atoms with E-state index in [0.717, 1.165) is 18.8 Å². The van der Waals surface area contributed by atoms with Crippen LogP contribution in [-0.4, -0.2) is 0 Å². The summed E-state index contributed by atoms with van der Waals surface area (Å²) < 4.78 is 13.0. The van der Waals surface area contributed by atoms with Gasteiger partial charge >= 0.3 is 0 Å². The molecule has 0 fully saturated rings. The van der Waals surface area contributed by atoms with Gasteiger partial charge in [0.1, 0.15) is 5.82 Å². The molecule has 0 unspecified atom stereocenters. The van der Waals surface area contributed by atoms with E-state index < -0.39 is 0 Å². The van der Waals surface area contributed by atoms with Crippen molar-refractivity contribution >= 4 is 11.4 Å². The number of anilines is 2. The van der Waals surface area contributed by atoms with Crippen LogP contribution in [0.1, 0.15) is 11.1 Å². The third kappa shape index (κ3) is 1.73. The number of fused-ring (bicyclic) bond motifs is 1. The van der Waals surface area contributed by atoms with Crippen LogP contribution in [0.3, 0.4) is 0 Å². The number of nitrogens with zero attached hydrogens (tertiary/aromatic N) is 1. The molecule has 3 heteroatoms. The molecule has 0 saturated carbocycles. The Morgan fingerprint density at radius 2 is 1.65 bits per heavy atom. The van der Waals surface area contributed by atoms with E-state index in [0.29, 0.717) is 5.69 Å². The van der Waals surface area contributed by atoms with Crippen molar-refractivity contribution in [2.75, 3.05) is 10.6 Å². The highest BCUT2D eigenvalue weighted by Crippen LogP contribution is 2.32. The van der Waals surface area contributed by atoms with Crippen molar-refractivity contribution in [1.29, 1.82) is 0 Å². The van der Waals surface area contributed by atoms with Gasteiger partial charge in [0.05, 0.1) is 11.4 Å². The number of rotatable bonds is 1. The van der Waals surface area contributed by atoms with Crippen LogP contribution < -0.4 is 10.6 Å². The Morgan fingerprint density at radius 3 is 2.24 bits per heavy atom. The average molecular weight is 228 g/mol. The highest BCUT2D eigenvalue weighted by Gasteiger charge is 2.20. The summed E-state index contributed by atoms with van der Waals surface area (Å²) in [6.07, 6.45) is 0. The quantitative estimate of drug-likeness (QED) is 0.760. The first-order chi connectivity index (χ1) is 8.24. The first-order valence-electron chi connectivity index (χ1n) is 5.61. The Morgan fingerprint density at radius 1 is 1.00 bits per heavy atom. The summed E-state index contributed by atoms with van der Waals surface area (Å²) >= 11 is 0. The Kier molecular flexibility index (Phi) is 2.25. The highest BCUT2D eigenvalue weighted by molar-refractivity contribution is 5.68. The van der Waals surface area contributed by atoms with E-state index in [-0.39, 0.29) is 5.82 Å². The molecule has 0 amide bonds. The molecule has 2 aromatic rings. The fourth-order valence-corrected chi connectivity index (χ4v) is 2.32. The summed E-state index contributed by atoms with van der Waals surface area (Å²) in [7, 11) is 0. The number of hydrogen-bond acceptors (Lipinski definition) is 2. The smallest absolute Gasteiger partial charge is 0.125 e.